The maximum absolute atomic E-state index is 4.33. The van der Waals surface area contributed by atoms with Gasteiger partial charge in [0.15, 0.2) is 0 Å². The first kappa shape index (κ1) is 7.18. The average Bonchev–Trinajstić information content (AvgIpc) is 2.56. The molecule has 0 saturated carbocycles. The summed E-state index contributed by atoms with van der Waals surface area (Å²) in [6.07, 6.45) is 5.32. The molecule has 3 heterocycles. The van der Waals surface area contributed by atoms with Crippen molar-refractivity contribution in [3.63, 3.8) is 0 Å². The number of hydrogen-bond donors (Lipinski definition) is 0. The van der Waals surface area contributed by atoms with Crippen LogP contribution in [0, 0.1) is 0 Å². The molecule has 4 heteroatoms. The topological polar surface area (TPSA) is 38.7 Å². The fourth-order valence-corrected chi connectivity index (χ4v) is 3.38. The summed E-state index contributed by atoms with van der Waals surface area (Å²) in [4.78, 5) is 12.6. The summed E-state index contributed by atoms with van der Waals surface area (Å²) in [6.45, 7) is 0. The van der Waals surface area contributed by atoms with Crippen molar-refractivity contribution >= 4 is 34.1 Å². The third-order valence-corrected chi connectivity index (χ3v) is 4.09. The van der Waals surface area contributed by atoms with Crippen LogP contribution < -0.4 is 0 Å². The molecule has 0 saturated heterocycles. The molecule has 0 aliphatic rings. The molecule has 0 atom stereocenters. The van der Waals surface area contributed by atoms with E-state index in [-0.39, 0.29) is 0 Å². The molecule has 13 heavy (non-hydrogen) atoms. The summed E-state index contributed by atoms with van der Waals surface area (Å²) in [5, 5.41) is 1.18. The first-order valence-electron chi connectivity index (χ1n) is 3.88. The second-order valence-electron chi connectivity index (χ2n) is 2.69. The average molecular weight is 234 g/mol. The van der Waals surface area contributed by atoms with Crippen molar-refractivity contribution < 1.29 is 0 Å². The Morgan fingerprint density at radius 3 is 3.23 bits per heavy atom. The molecule has 3 rings (SSSR count). The third-order valence-electron chi connectivity index (χ3n) is 1.91. The fraction of sp³-hybridized carbons (Fsp3) is 0. The van der Waals surface area contributed by atoms with E-state index in [2.05, 4.69) is 21.0 Å². The van der Waals surface area contributed by atoms with E-state index in [9.17, 15) is 0 Å². The predicted molar refractivity (Wildman–Crippen MR) is 51.8 cm³/mol. The molecule has 0 fully saturated rings. The molecule has 0 aromatic carbocycles. The molecule has 3 aromatic rings. The first-order valence-corrected chi connectivity index (χ1v) is 5.60. The van der Waals surface area contributed by atoms with Crippen molar-refractivity contribution in [1.29, 1.82) is 0 Å². The van der Waals surface area contributed by atoms with E-state index in [1.807, 2.05) is 18.5 Å². The van der Waals surface area contributed by atoms with Gasteiger partial charge in [0, 0.05) is 0 Å². The summed E-state index contributed by atoms with van der Waals surface area (Å²) in [7, 11) is 0. The molecule has 0 aliphatic carbocycles. The van der Waals surface area contributed by atoms with Crippen LogP contribution in [0.5, 0.6) is 0 Å². The SMILES string of the molecule is c1cnc2[se]c3cncnc3c2c1. The van der Waals surface area contributed by atoms with Crippen LogP contribution in [-0.2, 0) is 0 Å². The van der Waals surface area contributed by atoms with E-state index >= 15 is 0 Å². The predicted octanol–water partition coefficient (Wildman–Crippen LogP) is 1.23. The van der Waals surface area contributed by atoms with Gasteiger partial charge in [-0.1, -0.05) is 0 Å². The number of fused-ring (bicyclic) bond motifs is 3. The van der Waals surface area contributed by atoms with Crippen molar-refractivity contribution in [3.8, 4) is 0 Å². The molecule has 3 aromatic heterocycles. The van der Waals surface area contributed by atoms with Crippen molar-refractivity contribution in [2.45, 2.75) is 0 Å². The van der Waals surface area contributed by atoms with Crippen LogP contribution in [0.15, 0.2) is 30.9 Å². The fourth-order valence-electron chi connectivity index (χ4n) is 1.35. The third kappa shape index (κ3) is 0.996. The standard InChI is InChI=1S/C9H5N3Se/c1-2-6-8-7(4-10-5-12-8)13-9(6)11-3-1/h1-5H. The van der Waals surface area contributed by atoms with E-state index in [1.165, 1.54) is 14.0 Å². The number of hydrogen-bond acceptors (Lipinski definition) is 3. The van der Waals surface area contributed by atoms with Gasteiger partial charge in [0.25, 0.3) is 0 Å². The van der Waals surface area contributed by atoms with Crippen molar-refractivity contribution in [3.05, 3.63) is 30.9 Å². The monoisotopic (exact) mass is 235 g/mol. The van der Waals surface area contributed by atoms with E-state index < -0.39 is 0 Å². The molecule has 0 radical (unpaired) electrons. The Hall–Kier alpha value is -1.25. The van der Waals surface area contributed by atoms with Gasteiger partial charge in [-0.2, -0.15) is 0 Å². The Bertz CT molecular complexity index is 523. The van der Waals surface area contributed by atoms with E-state index in [4.69, 9.17) is 0 Å². The zero-order chi connectivity index (χ0) is 8.67. The van der Waals surface area contributed by atoms with Gasteiger partial charge >= 0.3 is 79.9 Å². The van der Waals surface area contributed by atoms with Gasteiger partial charge in [0.05, 0.1) is 0 Å². The van der Waals surface area contributed by atoms with Crippen molar-refractivity contribution in [2.24, 2.45) is 0 Å². The van der Waals surface area contributed by atoms with Crippen LogP contribution in [0.4, 0.5) is 0 Å². The van der Waals surface area contributed by atoms with E-state index in [0.717, 1.165) is 5.52 Å². The zero-order valence-electron chi connectivity index (χ0n) is 6.64. The minimum absolute atomic E-state index is 0.299. The Kier molecular flexibility index (Phi) is 1.45. The summed E-state index contributed by atoms with van der Waals surface area (Å²) < 4.78 is 2.41. The van der Waals surface area contributed by atoms with Gasteiger partial charge < -0.3 is 0 Å². The van der Waals surface area contributed by atoms with Gasteiger partial charge in [-0.05, 0) is 0 Å². The van der Waals surface area contributed by atoms with Gasteiger partial charge in [-0.15, -0.1) is 0 Å². The zero-order valence-corrected chi connectivity index (χ0v) is 8.35. The number of rotatable bonds is 0. The molecule has 0 N–H and O–H groups in total. The molecule has 0 aliphatic heterocycles. The van der Waals surface area contributed by atoms with E-state index in [1.54, 1.807) is 6.33 Å². The maximum atomic E-state index is 4.33. The second-order valence-corrected chi connectivity index (χ2v) is 4.86. The molecule has 0 spiro atoms. The van der Waals surface area contributed by atoms with Gasteiger partial charge in [-0.25, -0.2) is 0 Å². The first-order chi connectivity index (χ1) is 6.45. The van der Waals surface area contributed by atoms with Crippen LogP contribution in [-0.4, -0.2) is 29.5 Å². The van der Waals surface area contributed by atoms with Crippen molar-refractivity contribution in [2.75, 3.05) is 0 Å². The number of nitrogens with zero attached hydrogens (tertiary/aromatic N) is 3. The van der Waals surface area contributed by atoms with Crippen LogP contribution in [0.25, 0.3) is 19.6 Å². The van der Waals surface area contributed by atoms with E-state index in [0.29, 0.717) is 14.5 Å². The summed E-state index contributed by atoms with van der Waals surface area (Å²) in [5.41, 5.74) is 1.07. The van der Waals surface area contributed by atoms with Crippen LogP contribution >= 0.6 is 0 Å². The molecular weight excluding hydrogens is 229 g/mol. The molecule has 0 amide bonds. The Morgan fingerprint density at radius 1 is 1.23 bits per heavy atom. The molecule has 3 nitrogen and oxygen atoms in total. The molecule has 0 unspecified atom stereocenters. The number of pyridine rings is 1. The van der Waals surface area contributed by atoms with Gasteiger partial charge in [-0.3, -0.25) is 0 Å². The molecular formula is C9H5N3Se. The number of aromatic nitrogens is 3. The van der Waals surface area contributed by atoms with Crippen LogP contribution in [0.1, 0.15) is 0 Å². The Balaban J connectivity index is 2.64. The van der Waals surface area contributed by atoms with Gasteiger partial charge in [0.2, 0.25) is 0 Å². The Labute approximate surface area is 80.2 Å². The molecule has 0 bridgehead atoms. The van der Waals surface area contributed by atoms with Crippen molar-refractivity contribution in [1.82, 2.24) is 15.0 Å². The minimum atomic E-state index is 0.299. The Morgan fingerprint density at radius 2 is 2.23 bits per heavy atom. The molecule has 62 valence electrons. The second kappa shape index (κ2) is 2.62. The summed E-state index contributed by atoms with van der Waals surface area (Å²) >= 11 is 0.299. The summed E-state index contributed by atoms with van der Waals surface area (Å²) in [6, 6.07) is 4.02. The van der Waals surface area contributed by atoms with Crippen LogP contribution in [0.3, 0.4) is 0 Å². The van der Waals surface area contributed by atoms with Crippen LogP contribution in [0.2, 0.25) is 0 Å². The quantitative estimate of drug-likeness (QED) is 0.549. The summed E-state index contributed by atoms with van der Waals surface area (Å²) in [5.74, 6) is 0. The van der Waals surface area contributed by atoms with Gasteiger partial charge in [0.1, 0.15) is 0 Å². The normalized spacial score (nSPS) is 11.1.